The molecule has 0 atom stereocenters. The third-order valence-corrected chi connectivity index (χ3v) is 5.92. The van der Waals surface area contributed by atoms with Crippen molar-refractivity contribution in [3.63, 3.8) is 0 Å². The van der Waals surface area contributed by atoms with Gasteiger partial charge < -0.3 is 14.2 Å². The molecule has 0 N–H and O–H groups in total. The van der Waals surface area contributed by atoms with Crippen LogP contribution in [0.1, 0.15) is 16.2 Å². The molecule has 30 heavy (non-hydrogen) atoms. The second-order valence-electron chi connectivity index (χ2n) is 6.76. The van der Waals surface area contributed by atoms with Gasteiger partial charge in [0.1, 0.15) is 5.75 Å². The number of rotatable bonds is 4. The van der Waals surface area contributed by atoms with Gasteiger partial charge in [-0.3, -0.25) is 4.79 Å². The van der Waals surface area contributed by atoms with Gasteiger partial charge in [-0.1, -0.05) is 47.3 Å². The van der Waals surface area contributed by atoms with Crippen molar-refractivity contribution in [1.29, 1.82) is 0 Å². The predicted molar refractivity (Wildman–Crippen MR) is 114 cm³/mol. The van der Waals surface area contributed by atoms with E-state index in [2.05, 4.69) is 10.1 Å². The smallest absolute Gasteiger partial charge is 0.264 e. The van der Waals surface area contributed by atoms with Crippen LogP contribution in [0.4, 0.5) is 5.69 Å². The molecule has 0 saturated carbocycles. The van der Waals surface area contributed by atoms with E-state index in [4.69, 9.17) is 9.26 Å². The van der Waals surface area contributed by atoms with Gasteiger partial charge in [0.15, 0.2) is 6.61 Å². The Labute approximate surface area is 177 Å². The molecular formula is C23H17N3O3S. The van der Waals surface area contributed by atoms with Crippen LogP contribution in [0.3, 0.4) is 0 Å². The molecule has 1 aromatic heterocycles. The first-order chi connectivity index (χ1) is 14.7. The molecule has 0 fully saturated rings. The van der Waals surface area contributed by atoms with Gasteiger partial charge in [-0.05, 0) is 42.5 Å². The van der Waals surface area contributed by atoms with E-state index in [0.29, 0.717) is 17.3 Å². The minimum atomic E-state index is -0.0236. The van der Waals surface area contributed by atoms with Crippen molar-refractivity contribution in [2.45, 2.75) is 16.4 Å². The SMILES string of the molecule is CN1C(=O)c2ccccc2Sc2cc(-c3noc(COc4ccccc4)n3)ccc21. The number of carbonyl (C=O) groups is 1. The fourth-order valence-corrected chi connectivity index (χ4v) is 4.39. The summed E-state index contributed by atoms with van der Waals surface area (Å²) in [5.41, 5.74) is 2.36. The van der Waals surface area contributed by atoms with Gasteiger partial charge in [0.05, 0.1) is 11.3 Å². The average Bonchev–Trinajstić information content (AvgIpc) is 3.23. The maximum absolute atomic E-state index is 12.8. The molecular weight excluding hydrogens is 398 g/mol. The number of hydrogen-bond acceptors (Lipinski definition) is 6. The summed E-state index contributed by atoms with van der Waals surface area (Å²) in [6.07, 6.45) is 0. The first-order valence-electron chi connectivity index (χ1n) is 9.39. The zero-order chi connectivity index (χ0) is 20.5. The molecule has 0 radical (unpaired) electrons. The summed E-state index contributed by atoms with van der Waals surface area (Å²) < 4.78 is 11.0. The molecule has 2 heterocycles. The van der Waals surface area contributed by atoms with E-state index in [1.54, 1.807) is 23.7 Å². The highest BCUT2D eigenvalue weighted by Gasteiger charge is 2.25. The first kappa shape index (κ1) is 18.4. The zero-order valence-electron chi connectivity index (χ0n) is 16.1. The number of carbonyl (C=O) groups excluding carboxylic acids is 1. The van der Waals surface area contributed by atoms with Gasteiger partial charge in [0, 0.05) is 22.4 Å². The third-order valence-electron chi connectivity index (χ3n) is 4.79. The Balaban J connectivity index is 1.42. The van der Waals surface area contributed by atoms with Crippen LogP contribution in [-0.4, -0.2) is 23.1 Å². The second kappa shape index (κ2) is 7.68. The number of ether oxygens (including phenoxy) is 1. The predicted octanol–water partition coefficient (Wildman–Crippen LogP) is 5.06. The standard InChI is InChI=1S/C23H17N3O3S/c1-26-18-12-11-15(13-20(18)30-19-10-6-5-9-17(19)23(26)27)22-24-21(29-25-22)14-28-16-7-3-2-4-8-16/h2-13H,14H2,1H3. The van der Waals surface area contributed by atoms with E-state index >= 15 is 0 Å². The number of hydrogen-bond donors (Lipinski definition) is 0. The van der Waals surface area contributed by atoms with Crippen LogP contribution in [-0.2, 0) is 6.61 Å². The lowest BCUT2D eigenvalue weighted by Crippen LogP contribution is -2.25. The molecule has 0 unspecified atom stereocenters. The fourth-order valence-electron chi connectivity index (χ4n) is 3.25. The summed E-state index contributed by atoms with van der Waals surface area (Å²) in [5.74, 6) is 1.60. The van der Waals surface area contributed by atoms with Gasteiger partial charge in [-0.15, -0.1) is 0 Å². The van der Waals surface area contributed by atoms with Gasteiger partial charge in [-0.25, -0.2) is 0 Å². The highest BCUT2D eigenvalue weighted by Crippen LogP contribution is 2.42. The topological polar surface area (TPSA) is 68.5 Å². The number of anilines is 1. The Hall–Kier alpha value is -3.58. The molecule has 7 heteroatoms. The van der Waals surface area contributed by atoms with Crippen molar-refractivity contribution < 1.29 is 14.1 Å². The summed E-state index contributed by atoms with van der Waals surface area (Å²) in [6, 6.07) is 22.9. The molecule has 5 rings (SSSR count). The summed E-state index contributed by atoms with van der Waals surface area (Å²) in [7, 11) is 1.79. The molecule has 6 nitrogen and oxygen atoms in total. The van der Waals surface area contributed by atoms with E-state index in [1.165, 1.54) is 0 Å². The van der Waals surface area contributed by atoms with Gasteiger partial charge >= 0.3 is 0 Å². The third kappa shape index (κ3) is 3.44. The Morgan fingerprint density at radius 3 is 2.67 bits per heavy atom. The van der Waals surface area contributed by atoms with Crippen molar-refractivity contribution in [2.24, 2.45) is 0 Å². The van der Waals surface area contributed by atoms with Crippen LogP contribution in [0.2, 0.25) is 0 Å². The van der Waals surface area contributed by atoms with Crippen LogP contribution in [0.25, 0.3) is 11.4 Å². The molecule has 0 bridgehead atoms. The second-order valence-corrected chi connectivity index (χ2v) is 7.84. The average molecular weight is 415 g/mol. The highest BCUT2D eigenvalue weighted by atomic mass is 32.2. The highest BCUT2D eigenvalue weighted by molar-refractivity contribution is 7.99. The molecule has 0 aliphatic carbocycles. The van der Waals surface area contributed by atoms with Crippen LogP contribution in [0.15, 0.2) is 87.1 Å². The monoisotopic (exact) mass is 415 g/mol. The Morgan fingerprint density at radius 1 is 1.00 bits per heavy atom. The summed E-state index contributed by atoms with van der Waals surface area (Å²) in [6.45, 7) is 0.196. The van der Waals surface area contributed by atoms with Gasteiger partial charge in [0.2, 0.25) is 5.82 Å². The Kier molecular flexibility index (Phi) is 4.72. The Morgan fingerprint density at radius 2 is 1.80 bits per heavy atom. The first-order valence-corrected chi connectivity index (χ1v) is 10.2. The van der Waals surface area contributed by atoms with E-state index in [-0.39, 0.29) is 12.5 Å². The number of nitrogens with zero attached hydrogens (tertiary/aromatic N) is 3. The van der Waals surface area contributed by atoms with Crippen molar-refractivity contribution in [2.75, 3.05) is 11.9 Å². The van der Waals surface area contributed by atoms with E-state index in [9.17, 15) is 4.79 Å². The lowest BCUT2D eigenvalue weighted by molar-refractivity contribution is 0.0990. The minimum absolute atomic E-state index is 0.0236. The minimum Gasteiger partial charge on any atom is -0.484 e. The number of para-hydroxylation sites is 1. The molecule has 1 amide bonds. The molecule has 1 aliphatic rings. The van der Waals surface area contributed by atoms with E-state index in [0.717, 1.165) is 26.8 Å². The largest absolute Gasteiger partial charge is 0.484 e. The van der Waals surface area contributed by atoms with Crippen LogP contribution in [0, 0.1) is 0 Å². The van der Waals surface area contributed by atoms with Gasteiger partial charge in [0.25, 0.3) is 11.8 Å². The molecule has 148 valence electrons. The number of benzene rings is 3. The van der Waals surface area contributed by atoms with Crippen molar-refractivity contribution in [3.05, 3.63) is 84.3 Å². The van der Waals surface area contributed by atoms with Crippen molar-refractivity contribution in [3.8, 4) is 17.1 Å². The number of aromatic nitrogens is 2. The maximum atomic E-state index is 12.8. The summed E-state index contributed by atoms with van der Waals surface area (Å²) in [5, 5.41) is 4.09. The molecule has 0 saturated heterocycles. The zero-order valence-corrected chi connectivity index (χ0v) is 16.9. The van der Waals surface area contributed by atoms with E-state index in [1.807, 2.05) is 72.8 Å². The Bertz CT molecular complexity index is 1220. The van der Waals surface area contributed by atoms with E-state index < -0.39 is 0 Å². The van der Waals surface area contributed by atoms with Crippen LogP contribution >= 0.6 is 11.8 Å². The maximum Gasteiger partial charge on any atom is 0.264 e. The molecule has 3 aromatic carbocycles. The summed E-state index contributed by atoms with van der Waals surface area (Å²) in [4.78, 5) is 20.8. The molecule has 4 aromatic rings. The lowest BCUT2D eigenvalue weighted by atomic mass is 10.1. The summed E-state index contributed by atoms with van der Waals surface area (Å²) >= 11 is 1.56. The fraction of sp³-hybridized carbons (Fsp3) is 0.0870. The van der Waals surface area contributed by atoms with Crippen LogP contribution in [0.5, 0.6) is 5.75 Å². The molecule has 1 aliphatic heterocycles. The number of fused-ring (bicyclic) bond motifs is 2. The van der Waals surface area contributed by atoms with Crippen LogP contribution < -0.4 is 9.64 Å². The normalized spacial score (nSPS) is 12.8. The quantitative estimate of drug-likeness (QED) is 0.464. The molecule has 0 spiro atoms. The van der Waals surface area contributed by atoms with Crippen molar-refractivity contribution >= 4 is 23.4 Å². The van der Waals surface area contributed by atoms with Gasteiger partial charge in [-0.2, -0.15) is 4.98 Å². The van der Waals surface area contributed by atoms with Crippen molar-refractivity contribution in [1.82, 2.24) is 10.1 Å². The number of amides is 1. The lowest BCUT2D eigenvalue weighted by Gasteiger charge is -2.17.